The Balaban J connectivity index is 3.12. The SMILES string of the molecule is O=C1CCC(C(F)(F)F)(C(F)(F)F)O1. The van der Waals surface area contributed by atoms with Gasteiger partial charge in [-0.3, -0.25) is 4.79 Å². The lowest BCUT2D eigenvalue weighted by molar-refractivity contribution is -0.361. The minimum atomic E-state index is -5.63. The minimum Gasteiger partial charge on any atom is -0.439 e. The number of halogens is 6. The number of carbonyl (C=O) groups excluding carboxylic acids is 1. The zero-order valence-electron chi connectivity index (χ0n) is 6.50. The van der Waals surface area contributed by atoms with Crippen LogP contribution >= 0.6 is 0 Å². The molecule has 1 aliphatic rings. The van der Waals surface area contributed by atoms with Gasteiger partial charge in [-0.25, -0.2) is 0 Å². The maximum Gasteiger partial charge on any atom is 0.437 e. The van der Waals surface area contributed by atoms with Crippen LogP contribution in [0.2, 0.25) is 0 Å². The summed E-state index contributed by atoms with van der Waals surface area (Å²) < 4.78 is 75.9. The number of cyclic esters (lactones) is 1. The van der Waals surface area contributed by atoms with Gasteiger partial charge >= 0.3 is 23.9 Å². The van der Waals surface area contributed by atoms with Crippen LogP contribution in [-0.2, 0) is 9.53 Å². The fraction of sp³-hybridized carbons (Fsp3) is 0.833. The van der Waals surface area contributed by atoms with Gasteiger partial charge in [-0.15, -0.1) is 0 Å². The normalized spacial score (nSPS) is 22.3. The van der Waals surface area contributed by atoms with E-state index in [1.54, 1.807) is 0 Å². The van der Waals surface area contributed by atoms with E-state index in [9.17, 15) is 31.1 Å². The van der Waals surface area contributed by atoms with Gasteiger partial charge in [0.1, 0.15) is 0 Å². The van der Waals surface area contributed by atoms with Crippen LogP contribution in [0.3, 0.4) is 0 Å². The molecule has 8 heteroatoms. The van der Waals surface area contributed by atoms with E-state index in [2.05, 4.69) is 4.74 Å². The molecule has 1 fully saturated rings. The molecule has 1 aliphatic heterocycles. The molecule has 0 aliphatic carbocycles. The first-order valence-corrected chi connectivity index (χ1v) is 3.45. The lowest BCUT2D eigenvalue weighted by atomic mass is 9.99. The van der Waals surface area contributed by atoms with Crippen LogP contribution in [0.5, 0.6) is 0 Å². The van der Waals surface area contributed by atoms with Crippen LogP contribution in [0.25, 0.3) is 0 Å². The lowest BCUT2D eigenvalue weighted by Crippen LogP contribution is -2.56. The molecule has 0 unspecified atom stereocenters. The number of ether oxygens (including phenoxy) is 1. The van der Waals surface area contributed by atoms with Crippen molar-refractivity contribution in [1.29, 1.82) is 0 Å². The van der Waals surface area contributed by atoms with E-state index >= 15 is 0 Å². The Kier molecular flexibility index (Phi) is 2.20. The third-order valence-electron chi connectivity index (χ3n) is 1.89. The molecule has 1 saturated heterocycles. The Morgan fingerprint density at radius 2 is 1.50 bits per heavy atom. The van der Waals surface area contributed by atoms with E-state index in [1.807, 2.05) is 0 Å². The van der Waals surface area contributed by atoms with E-state index in [4.69, 9.17) is 0 Å². The molecule has 0 aromatic carbocycles. The summed E-state index contributed by atoms with van der Waals surface area (Å²) in [6, 6.07) is 0. The van der Waals surface area contributed by atoms with Crippen molar-refractivity contribution in [2.75, 3.05) is 0 Å². The molecule has 1 heterocycles. The van der Waals surface area contributed by atoms with Crippen molar-refractivity contribution >= 4 is 5.97 Å². The van der Waals surface area contributed by atoms with Gasteiger partial charge in [-0.2, -0.15) is 26.3 Å². The molecule has 0 radical (unpaired) electrons. The first kappa shape index (κ1) is 11.1. The van der Waals surface area contributed by atoms with Gasteiger partial charge in [0.2, 0.25) is 0 Å². The molecular formula is C6H4F6O2. The number of hydrogen-bond donors (Lipinski definition) is 0. The summed E-state index contributed by atoms with van der Waals surface area (Å²) in [5.74, 6) is -1.49. The highest BCUT2D eigenvalue weighted by atomic mass is 19.4. The number of rotatable bonds is 0. The average Bonchev–Trinajstić information content (AvgIpc) is 2.28. The summed E-state index contributed by atoms with van der Waals surface area (Å²) in [5, 5.41) is 0. The van der Waals surface area contributed by atoms with Gasteiger partial charge in [0.05, 0.1) is 6.42 Å². The standard InChI is InChI=1S/C6H4F6O2/c7-5(8,9)4(6(10,11)12)2-1-3(13)14-4/h1-2H2. The van der Waals surface area contributed by atoms with Crippen LogP contribution in [0, 0.1) is 0 Å². The number of esters is 1. The van der Waals surface area contributed by atoms with Crippen molar-refractivity contribution in [2.24, 2.45) is 0 Å². The van der Waals surface area contributed by atoms with E-state index in [-0.39, 0.29) is 0 Å². The Labute approximate surface area is 73.8 Å². The monoisotopic (exact) mass is 222 g/mol. The van der Waals surface area contributed by atoms with Crippen LogP contribution in [-0.4, -0.2) is 23.9 Å². The first-order valence-electron chi connectivity index (χ1n) is 3.45. The van der Waals surface area contributed by atoms with Gasteiger partial charge in [0.15, 0.2) is 0 Å². The van der Waals surface area contributed by atoms with Crippen molar-refractivity contribution in [2.45, 2.75) is 30.8 Å². The first-order chi connectivity index (χ1) is 6.10. The fourth-order valence-corrected chi connectivity index (χ4v) is 1.13. The molecule has 0 spiro atoms. The van der Waals surface area contributed by atoms with Crippen molar-refractivity contribution < 1.29 is 35.9 Å². The molecule has 0 amide bonds. The molecule has 0 atom stereocenters. The minimum absolute atomic E-state index is 0.876. The number of alkyl halides is 6. The average molecular weight is 222 g/mol. The second-order valence-electron chi connectivity index (χ2n) is 2.80. The highest BCUT2D eigenvalue weighted by Crippen LogP contribution is 2.51. The maximum atomic E-state index is 12.1. The molecule has 0 N–H and O–H groups in total. The Morgan fingerprint density at radius 1 is 1.07 bits per heavy atom. The van der Waals surface area contributed by atoms with Crippen LogP contribution in [0.15, 0.2) is 0 Å². The maximum absolute atomic E-state index is 12.1. The third kappa shape index (κ3) is 1.42. The number of carbonyl (C=O) groups is 1. The van der Waals surface area contributed by atoms with E-state index in [0.29, 0.717) is 0 Å². The Morgan fingerprint density at radius 3 is 1.64 bits per heavy atom. The topological polar surface area (TPSA) is 26.3 Å². The van der Waals surface area contributed by atoms with E-state index in [0.717, 1.165) is 0 Å². The van der Waals surface area contributed by atoms with Gasteiger partial charge in [-0.1, -0.05) is 0 Å². The van der Waals surface area contributed by atoms with Crippen molar-refractivity contribution in [3.63, 3.8) is 0 Å². The predicted octanol–water partition coefficient (Wildman–Crippen LogP) is 2.19. The summed E-state index contributed by atoms with van der Waals surface area (Å²) in [6.07, 6.45) is -13.5. The molecule has 1 rings (SSSR count). The van der Waals surface area contributed by atoms with Crippen LogP contribution in [0.4, 0.5) is 26.3 Å². The zero-order chi connectivity index (χ0) is 11.2. The highest BCUT2D eigenvalue weighted by molar-refractivity contribution is 5.72. The molecular weight excluding hydrogens is 218 g/mol. The Bertz CT molecular complexity index is 238. The van der Waals surface area contributed by atoms with Crippen molar-refractivity contribution in [1.82, 2.24) is 0 Å². The molecule has 0 aromatic rings. The molecule has 0 aromatic heterocycles. The molecule has 82 valence electrons. The van der Waals surface area contributed by atoms with Crippen LogP contribution in [0.1, 0.15) is 12.8 Å². The molecule has 0 saturated carbocycles. The Hall–Kier alpha value is -0.950. The molecule has 0 bridgehead atoms. The fourth-order valence-electron chi connectivity index (χ4n) is 1.13. The van der Waals surface area contributed by atoms with Gasteiger partial charge in [-0.05, 0) is 0 Å². The quantitative estimate of drug-likeness (QED) is 0.463. The van der Waals surface area contributed by atoms with E-state index < -0.39 is 36.8 Å². The van der Waals surface area contributed by atoms with Crippen molar-refractivity contribution in [3.05, 3.63) is 0 Å². The second kappa shape index (κ2) is 2.77. The highest BCUT2D eigenvalue weighted by Gasteiger charge is 2.75. The largest absolute Gasteiger partial charge is 0.439 e. The predicted molar refractivity (Wildman–Crippen MR) is 30.2 cm³/mol. The summed E-state index contributed by atoms with van der Waals surface area (Å²) in [6.45, 7) is 0. The van der Waals surface area contributed by atoms with Crippen molar-refractivity contribution in [3.8, 4) is 0 Å². The van der Waals surface area contributed by atoms with Gasteiger partial charge in [0, 0.05) is 6.42 Å². The van der Waals surface area contributed by atoms with Crippen LogP contribution < -0.4 is 0 Å². The summed E-state index contributed by atoms with van der Waals surface area (Å²) in [4.78, 5) is 10.3. The zero-order valence-corrected chi connectivity index (χ0v) is 6.50. The van der Waals surface area contributed by atoms with E-state index in [1.165, 1.54) is 0 Å². The van der Waals surface area contributed by atoms with Gasteiger partial charge < -0.3 is 4.74 Å². The summed E-state index contributed by atoms with van der Waals surface area (Å²) >= 11 is 0. The smallest absolute Gasteiger partial charge is 0.437 e. The third-order valence-corrected chi connectivity index (χ3v) is 1.89. The lowest BCUT2D eigenvalue weighted by Gasteiger charge is -2.31. The summed E-state index contributed by atoms with van der Waals surface area (Å²) in [5.41, 5.74) is -4.31. The second-order valence-corrected chi connectivity index (χ2v) is 2.80. The molecule has 14 heavy (non-hydrogen) atoms. The molecule has 2 nitrogen and oxygen atoms in total. The summed E-state index contributed by atoms with van der Waals surface area (Å²) in [7, 11) is 0. The van der Waals surface area contributed by atoms with Gasteiger partial charge in [0.25, 0.3) is 0 Å². The number of hydrogen-bond acceptors (Lipinski definition) is 2.